The Bertz CT molecular complexity index is 2190. The monoisotopic (exact) mass is 678 g/mol. The number of anilines is 2. The first-order valence-corrected chi connectivity index (χ1v) is 16.6. The number of esters is 1. The minimum Gasteiger partial charge on any atom is -0.455 e. The van der Waals surface area contributed by atoms with Crippen LogP contribution in [-0.2, 0) is 24.2 Å². The Balaban J connectivity index is 1.18. The van der Waals surface area contributed by atoms with Crippen LogP contribution < -0.4 is 10.2 Å². The van der Waals surface area contributed by atoms with Gasteiger partial charge in [-0.15, -0.1) is 0 Å². The van der Waals surface area contributed by atoms with Crippen molar-refractivity contribution in [1.82, 2.24) is 19.7 Å². The van der Waals surface area contributed by atoms with Crippen molar-refractivity contribution in [3.8, 4) is 11.1 Å². The van der Waals surface area contributed by atoms with E-state index in [0.717, 1.165) is 27.4 Å². The van der Waals surface area contributed by atoms with Crippen molar-refractivity contribution < 1.29 is 23.1 Å². The molecule has 1 amide bonds. The highest BCUT2D eigenvalue weighted by atomic mass is 32.1. The molecule has 4 heterocycles. The maximum absolute atomic E-state index is 14.3. The predicted molar refractivity (Wildman–Crippen MR) is 185 cm³/mol. The van der Waals surface area contributed by atoms with Gasteiger partial charge in [-0.3, -0.25) is 14.8 Å². The lowest BCUT2D eigenvalue weighted by atomic mass is 9.94. The summed E-state index contributed by atoms with van der Waals surface area (Å²) in [6.45, 7) is 6.36. The molecule has 0 unspecified atom stereocenters. The number of amides is 1. The second kappa shape index (κ2) is 12.8. The number of halogens is 2. The van der Waals surface area contributed by atoms with Gasteiger partial charge in [-0.05, 0) is 74.7 Å². The van der Waals surface area contributed by atoms with Gasteiger partial charge >= 0.3 is 5.97 Å². The van der Waals surface area contributed by atoms with Crippen molar-refractivity contribution in [2.45, 2.75) is 45.9 Å². The van der Waals surface area contributed by atoms with Crippen LogP contribution in [0.25, 0.3) is 21.3 Å². The van der Waals surface area contributed by atoms with Gasteiger partial charge in [0.05, 0.1) is 23.0 Å². The number of carbonyl (C=O) groups excluding carboxylic acids is 2. The Morgan fingerprint density at radius 1 is 0.980 bits per heavy atom. The molecule has 3 aromatic heterocycles. The number of nitrogens with zero attached hydrogens (tertiary/aromatic N) is 5. The topological polar surface area (TPSA) is 102 Å². The quantitative estimate of drug-likeness (QED) is 0.173. The summed E-state index contributed by atoms with van der Waals surface area (Å²) in [6.07, 6.45) is 3.88. The number of fused-ring (bicyclic) bond motifs is 2. The van der Waals surface area contributed by atoms with Gasteiger partial charge < -0.3 is 9.64 Å². The van der Waals surface area contributed by atoms with Crippen LogP contribution in [0.3, 0.4) is 0 Å². The summed E-state index contributed by atoms with van der Waals surface area (Å²) in [5, 5.41) is 7.84. The molecule has 3 aromatic carbocycles. The zero-order valence-corrected chi connectivity index (χ0v) is 27.9. The van der Waals surface area contributed by atoms with E-state index in [1.807, 2.05) is 47.4 Å². The lowest BCUT2D eigenvalue weighted by molar-refractivity contribution is 0.00638. The second-order valence-electron chi connectivity index (χ2n) is 12.8. The third-order valence-electron chi connectivity index (χ3n) is 8.14. The minimum absolute atomic E-state index is 0.00105. The molecule has 1 aliphatic rings. The van der Waals surface area contributed by atoms with Gasteiger partial charge in [0.15, 0.2) is 22.5 Å². The molecule has 1 aliphatic heterocycles. The van der Waals surface area contributed by atoms with E-state index in [1.54, 1.807) is 45.3 Å². The van der Waals surface area contributed by atoms with E-state index in [1.165, 1.54) is 28.2 Å². The number of benzene rings is 3. The molecule has 49 heavy (non-hydrogen) atoms. The van der Waals surface area contributed by atoms with E-state index in [0.29, 0.717) is 47.2 Å². The van der Waals surface area contributed by atoms with Crippen molar-refractivity contribution in [3.63, 3.8) is 0 Å². The van der Waals surface area contributed by atoms with E-state index in [9.17, 15) is 18.4 Å². The number of nitrogens with one attached hydrogen (secondary N) is 1. The number of thiazole rings is 1. The molecule has 0 atom stereocenters. The lowest BCUT2D eigenvalue weighted by Crippen LogP contribution is -2.33. The Labute approximate surface area is 285 Å². The average molecular weight is 679 g/mol. The first-order valence-electron chi connectivity index (χ1n) is 15.7. The molecule has 1 N–H and O–H groups in total. The normalized spacial score (nSPS) is 13.0. The first-order chi connectivity index (χ1) is 23.5. The summed E-state index contributed by atoms with van der Waals surface area (Å²) in [7, 11) is 0. The summed E-state index contributed by atoms with van der Waals surface area (Å²) >= 11 is 1.42. The van der Waals surface area contributed by atoms with E-state index in [4.69, 9.17) is 9.72 Å². The average Bonchev–Trinajstić information content (AvgIpc) is 3.72. The highest BCUT2D eigenvalue weighted by Crippen LogP contribution is 2.32. The van der Waals surface area contributed by atoms with Gasteiger partial charge in [0, 0.05) is 41.5 Å². The van der Waals surface area contributed by atoms with Crippen LogP contribution in [0, 0.1) is 11.6 Å². The van der Waals surface area contributed by atoms with E-state index in [2.05, 4.69) is 15.4 Å². The third-order valence-corrected chi connectivity index (χ3v) is 9.09. The van der Waals surface area contributed by atoms with E-state index < -0.39 is 23.2 Å². The number of hydrogen-bond donors (Lipinski definition) is 1. The Morgan fingerprint density at radius 2 is 1.80 bits per heavy atom. The van der Waals surface area contributed by atoms with Crippen LogP contribution in [0.5, 0.6) is 0 Å². The highest BCUT2D eigenvalue weighted by molar-refractivity contribution is 7.22. The maximum atomic E-state index is 14.3. The minimum atomic E-state index is -0.932. The second-order valence-corrected chi connectivity index (χ2v) is 13.8. The fourth-order valence-electron chi connectivity index (χ4n) is 5.85. The Morgan fingerprint density at radius 3 is 2.61 bits per heavy atom. The molecule has 0 aliphatic carbocycles. The fraction of sp³-hybridized carbons (Fsp3) is 0.216. The summed E-state index contributed by atoms with van der Waals surface area (Å²) in [6, 6.07) is 21.1. The standard InChI is InChI=1S/C37H32F2N6O3S/c1-37(2,3)48-35(47)33-25(24-18-40-45(20-24)19-23-9-7-11-28(38)32(23)39)14-15-31(42-33)44-17-16-22-8-6-10-26(27(22)21-44)34(46)43-36-41-29-12-4-5-13-30(29)49-36/h4-15,18,20H,16-17,19,21H2,1-3H3,(H,41,43,46). The highest BCUT2D eigenvalue weighted by Gasteiger charge is 2.27. The molecule has 0 saturated heterocycles. The molecule has 248 valence electrons. The van der Waals surface area contributed by atoms with Gasteiger partial charge in [-0.2, -0.15) is 5.10 Å². The summed E-state index contributed by atoms with van der Waals surface area (Å²) < 4.78 is 36.4. The van der Waals surface area contributed by atoms with Crippen LogP contribution in [-0.4, -0.2) is 43.8 Å². The number of carbonyl (C=O) groups is 2. The van der Waals surface area contributed by atoms with Crippen molar-refractivity contribution in [1.29, 1.82) is 0 Å². The largest absolute Gasteiger partial charge is 0.455 e. The molecule has 0 radical (unpaired) electrons. The summed E-state index contributed by atoms with van der Waals surface area (Å²) in [5.41, 5.74) is 3.83. The number of aromatic nitrogens is 4. The number of pyridine rings is 1. The van der Waals surface area contributed by atoms with Crippen LogP contribution in [0.1, 0.15) is 58.3 Å². The number of hydrogen-bond acceptors (Lipinski definition) is 8. The third kappa shape index (κ3) is 6.77. The smallest absolute Gasteiger partial charge is 0.358 e. The molecule has 0 spiro atoms. The molecule has 6 aromatic rings. The molecule has 9 nitrogen and oxygen atoms in total. The van der Waals surface area contributed by atoms with Crippen molar-refractivity contribution in [3.05, 3.63) is 125 Å². The number of para-hydroxylation sites is 1. The van der Waals surface area contributed by atoms with E-state index >= 15 is 0 Å². The predicted octanol–water partition coefficient (Wildman–Crippen LogP) is 7.65. The molecule has 12 heteroatoms. The Hall–Kier alpha value is -5.49. The van der Waals surface area contributed by atoms with Gasteiger partial charge in [0.2, 0.25) is 0 Å². The zero-order chi connectivity index (χ0) is 34.3. The number of ether oxygens (including phenoxy) is 1. The zero-order valence-electron chi connectivity index (χ0n) is 27.0. The van der Waals surface area contributed by atoms with Crippen LogP contribution in [0.4, 0.5) is 19.7 Å². The molecule has 7 rings (SSSR count). The van der Waals surface area contributed by atoms with Crippen LogP contribution in [0.15, 0.2) is 85.2 Å². The number of rotatable bonds is 7. The summed E-state index contributed by atoms with van der Waals surface area (Å²) in [4.78, 5) is 38.5. The van der Waals surface area contributed by atoms with Crippen LogP contribution in [0.2, 0.25) is 0 Å². The van der Waals surface area contributed by atoms with Crippen molar-refractivity contribution >= 4 is 44.4 Å². The Kier molecular flexibility index (Phi) is 8.41. The van der Waals surface area contributed by atoms with Crippen LogP contribution >= 0.6 is 11.3 Å². The van der Waals surface area contributed by atoms with Crippen molar-refractivity contribution in [2.75, 3.05) is 16.8 Å². The van der Waals surface area contributed by atoms with Gasteiger partial charge in [-0.1, -0.05) is 47.7 Å². The first kappa shape index (κ1) is 32.1. The molecule has 0 fully saturated rings. The molecule has 0 bridgehead atoms. The maximum Gasteiger partial charge on any atom is 0.358 e. The van der Waals surface area contributed by atoms with Crippen molar-refractivity contribution in [2.24, 2.45) is 0 Å². The summed E-state index contributed by atoms with van der Waals surface area (Å²) in [5.74, 6) is -2.17. The van der Waals surface area contributed by atoms with Gasteiger partial charge in [0.25, 0.3) is 5.91 Å². The lowest BCUT2D eigenvalue weighted by Gasteiger charge is -2.31. The SMILES string of the molecule is CC(C)(C)OC(=O)c1nc(N2CCc3cccc(C(=O)Nc4nc5ccccc5s4)c3C2)ccc1-c1cnn(Cc2cccc(F)c2F)c1. The van der Waals surface area contributed by atoms with E-state index in [-0.39, 0.29) is 23.7 Å². The fourth-order valence-corrected chi connectivity index (χ4v) is 6.71. The van der Waals surface area contributed by atoms with Gasteiger partial charge in [-0.25, -0.2) is 23.5 Å². The van der Waals surface area contributed by atoms with Gasteiger partial charge in [0.1, 0.15) is 11.4 Å². The molecular formula is C37H32F2N6O3S. The molecule has 0 saturated carbocycles. The molecular weight excluding hydrogens is 647 g/mol.